The molecule has 0 aliphatic carbocycles. The van der Waals surface area contributed by atoms with Gasteiger partial charge in [0.15, 0.2) is 0 Å². The average Bonchev–Trinajstić information content (AvgIpc) is 2.80. The van der Waals surface area contributed by atoms with Crippen molar-refractivity contribution in [1.82, 2.24) is 20.0 Å². The maximum atomic E-state index is 4.59. The normalized spacial score (nSPS) is 23.9. The lowest BCUT2D eigenvalue weighted by atomic mass is 9.97. The van der Waals surface area contributed by atoms with E-state index in [-0.39, 0.29) is 0 Å². The third-order valence-corrected chi connectivity index (χ3v) is 4.64. The Bertz CT molecular complexity index is 438. The van der Waals surface area contributed by atoms with Crippen LogP contribution in [0.4, 0.5) is 0 Å². The number of hydrogen-bond donors (Lipinski definition) is 1. The summed E-state index contributed by atoms with van der Waals surface area (Å²) in [6, 6.07) is 3.52. The Labute approximate surface area is 129 Å². The molecule has 0 amide bonds. The number of nitrogens with one attached hydrogen (secondary N) is 1. The summed E-state index contributed by atoms with van der Waals surface area (Å²) in [5.41, 5.74) is 2.50. The van der Waals surface area contributed by atoms with Crippen molar-refractivity contribution >= 4 is 0 Å². The summed E-state index contributed by atoms with van der Waals surface area (Å²) in [6.07, 6.45) is 2.53. The van der Waals surface area contributed by atoms with Crippen LogP contribution in [-0.4, -0.2) is 39.9 Å². The zero-order valence-electron chi connectivity index (χ0n) is 14.4. The highest BCUT2D eigenvalue weighted by Gasteiger charge is 2.29. The molecule has 1 fully saturated rings. The fourth-order valence-corrected chi connectivity index (χ4v) is 3.35. The first-order valence-corrected chi connectivity index (χ1v) is 8.55. The smallest absolute Gasteiger partial charge is 0.0597 e. The zero-order chi connectivity index (χ0) is 15.4. The molecule has 2 rings (SSSR count). The lowest BCUT2D eigenvalue weighted by Crippen LogP contribution is -2.57. The van der Waals surface area contributed by atoms with Crippen molar-refractivity contribution in [3.63, 3.8) is 0 Å². The molecular formula is C17H32N4. The second-order valence-electron chi connectivity index (χ2n) is 6.72. The molecule has 1 aromatic rings. The predicted octanol–water partition coefficient (Wildman–Crippen LogP) is 2.81. The third kappa shape index (κ3) is 4.07. The van der Waals surface area contributed by atoms with Gasteiger partial charge in [0.2, 0.25) is 0 Å². The molecule has 0 saturated carbocycles. The number of rotatable bonds is 6. The van der Waals surface area contributed by atoms with Crippen molar-refractivity contribution in [2.45, 2.75) is 72.6 Å². The molecule has 1 saturated heterocycles. The molecule has 4 heteroatoms. The number of aromatic nitrogens is 2. The zero-order valence-corrected chi connectivity index (χ0v) is 14.4. The van der Waals surface area contributed by atoms with Gasteiger partial charge in [0.25, 0.3) is 0 Å². The quantitative estimate of drug-likeness (QED) is 0.875. The Morgan fingerprint density at radius 3 is 2.76 bits per heavy atom. The van der Waals surface area contributed by atoms with Crippen LogP contribution >= 0.6 is 0 Å². The lowest BCUT2D eigenvalue weighted by molar-refractivity contribution is 0.0969. The topological polar surface area (TPSA) is 33.1 Å². The van der Waals surface area contributed by atoms with Crippen LogP contribution in [0.5, 0.6) is 0 Å². The molecule has 1 aliphatic rings. The van der Waals surface area contributed by atoms with Crippen molar-refractivity contribution in [2.75, 3.05) is 13.1 Å². The SMILES string of the molecule is CCCC1CNC(C(C)C)CN1Cc1cc(C)nn1CC. The van der Waals surface area contributed by atoms with E-state index in [9.17, 15) is 0 Å². The van der Waals surface area contributed by atoms with Gasteiger partial charge >= 0.3 is 0 Å². The molecule has 1 aromatic heterocycles. The molecule has 2 unspecified atom stereocenters. The average molecular weight is 292 g/mol. The summed E-state index contributed by atoms with van der Waals surface area (Å²) >= 11 is 0. The number of hydrogen-bond acceptors (Lipinski definition) is 3. The molecular weight excluding hydrogens is 260 g/mol. The van der Waals surface area contributed by atoms with Crippen LogP contribution in [0.15, 0.2) is 6.07 Å². The first-order valence-electron chi connectivity index (χ1n) is 8.55. The van der Waals surface area contributed by atoms with Gasteiger partial charge in [0.05, 0.1) is 11.4 Å². The molecule has 2 atom stereocenters. The van der Waals surface area contributed by atoms with Crippen LogP contribution in [0, 0.1) is 12.8 Å². The second kappa shape index (κ2) is 7.41. The molecule has 21 heavy (non-hydrogen) atoms. The maximum absolute atomic E-state index is 4.59. The molecule has 120 valence electrons. The fourth-order valence-electron chi connectivity index (χ4n) is 3.35. The summed E-state index contributed by atoms with van der Waals surface area (Å²) in [5.74, 6) is 0.688. The molecule has 0 radical (unpaired) electrons. The summed E-state index contributed by atoms with van der Waals surface area (Å²) in [5, 5.41) is 8.33. The maximum Gasteiger partial charge on any atom is 0.0597 e. The van der Waals surface area contributed by atoms with E-state index in [0.717, 1.165) is 31.9 Å². The Hall–Kier alpha value is -0.870. The van der Waals surface area contributed by atoms with Gasteiger partial charge in [-0.2, -0.15) is 5.10 Å². The highest BCUT2D eigenvalue weighted by molar-refractivity contribution is 5.09. The van der Waals surface area contributed by atoms with Gasteiger partial charge in [-0.25, -0.2) is 0 Å². The largest absolute Gasteiger partial charge is 0.311 e. The third-order valence-electron chi connectivity index (χ3n) is 4.64. The van der Waals surface area contributed by atoms with Crippen LogP contribution in [0.3, 0.4) is 0 Å². The van der Waals surface area contributed by atoms with Gasteiger partial charge in [0, 0.05) is 38.3 Å². The van der Waals surface area contributed by atoms with E-state index >= 15 is 0 Å². The van der Waals surface area contributed by atoms with Gasteiger partial charge in [-0.15, -0.1) is 0 Å². The number of aryl methyl sites for hydroxylation is 2. The van der Waals surface area contributed by atoms with Gasteiger partial charge < -0.3 is 5.32 Å². The Morgan fingerprint density at radius 2 is 2.14 bits per heavy atom. The van der Waals surface area contributed by atoms with E-state index < -0.39 is 0 Å². The van der Waals surface area contributed by atoms with Crippen molar-refractivity contribution in [2.24, 2.45) is 5.92 Å². The van der Waals surface area contributed by atoms with E-state index in [1.807, 2.05) is 0 Å². The Kier molecular flexibility index (Phi) is 5.82. The highest BCUT2D eigenvalue weighted by atomic mass is 15.3. The van der Waals surface area contributed by atoms with Crippen LogP contribution < -0.4 is 5.32 Å². The molecule has 1 N–H and O–H groups in total. The van der Waals surface area contributed by atoms with Crippen LogP contribution in [0.2, 0.25) is 0 Å². The van der Waals surface area contributed by atoms with Gasteiger partial charge in [-0.1, -0.05) is 27.2 Å². The molecule has 1 aliphatic heterocycles. The van der Waals surface area contributed by atoms with E-state index in [0.29, 0.717) is 18.0 Å². The lowest BCUT2D eigenvalue weighted by Gasteiger charge is -2.42. The minimum Gasteiger partial charge on any atom is -0.311 e. The van der Waals surface area contributed by atoms with Crippen molar-refractivity contribution in [1.29, 1.82) is 0 Å². The summed E-state index contributed by atoms with van der Waals surface area (Å²) < 4.78 is 2.16. The second-order valence-corrected chi connectivity index (χ2v) is 6.72. The minimum absolute atomic E-state index is 0.609. The minimum atomic E-state index is 0.609. The molecule has 0 bridgehead atoms. The van der Waals surface area contributed by atoms with Crippen molar-refractivity contribution in [3.05, 3.63) is 17.5 Å². The predicted molar refractivity (Wildman–Crippen MR) is 88.4 cm³/mol. The molecule has 2 heterocycles. The number of piperazine rings is 1. The first kappa shape index (κ1) is 16.5. The van der Waals surface area contributed by atoms with Crippen LogP contribution in [0.1, 0.15) is 51.9 Å². The van der Waals surface area contributed by atoms with Crippen molar-refractivity contribution < 1.29 is 0 Å². The molecule has 4 nitrogen and oxygen atoms in total. The van der Waals surface area contributed by atoms with Gasteiger partial charge in [-0.05, 0) is 32.3 Å². The van der Waals surface area contributed by atoms with Crippen molar-refractivity contribution in [3.8, 4) is 0 Å². The summed E-state index contributed by atoms with van der Waals surface area (Å²) in [4.78, 5) is 2.67. The van der Waals surface area contributed by atoms with Gasteiger partial charge in [0.1, 0.15) is 0 Å². The first-order chi connectivity index (χ1) is 10.0. The standard InChI is InChI=1S/C17H32N4/c1-6-8-15-10-18-17(13(3)4)12-20(15)11-16-9-14(5)19-21(16)7-2/h9,13,15,17-18H,6-8,10-12H2,1-5H3. The van der Waals surface area contributed by atoms with E-state index in [2.05, 4.69) is 60.7 Å². The van der Waals surface area contributed by atoms with Gasteiger partial charge in [-0.3, -0.25) is 9.58 Å². The Morgan fingerprint density at radius 1 is 1.38 bits per heavy atom. The van der Waals surface area contributed by atoms with Crippen LogP contribution in [0.25, 0.3) is 0 Å². The highest BCUT2D eigenvalue weighted by Crippen LogP contribution is 2.19. The molecule has 0 aromatic carbocycles. The number of nitrogens with zero attached hydrogens (tertiary/aromatic N) is 3. The fraction of sp³-hybridized carbons (Fsp3) is 0.824. The van der Waals surface area contributed by atoms with E-state index in [1.165, 1.54) is 18.5 Å². The monoisotopic (exact) mass is 292 g/mol. The van der Waals surface area contributed by atoms with Crippen LogP contribution in [-0.2, 0) is 13.1 Å². The summed E-state index contributed by atoms with van der Waals surface area (Å²) in [6.45, 7) is 15.4. The van der Waals surface area contributed by atoms with E-state index in [1.54, 1.807) is 0 Å². The summed E-state index contributed by atoms with van der Waals surface area (Å²) in [7, 11) is 0. The molecule has 0 spiro atoms. The van der Waals surface area contributed by atoms with E-state index in [4.69, 9.17) is 0 Å². The Balaban J connectivity index is 2.11.